The Hall–Kier alpha value is -0.860. The molecule has 0 atom stereocenters. The zero-order chi connectivity index (χ0) is 10.3. The molecule has 1 N–H and O–H groups in total. The predicted octanol–water partition coefficient (Wildman–Crippen LogP) is 2.73. The first-order valence-corrected chi connectivity index (χ1v) is 4.87. The Morgan fingerprint density at radius 1 is 1.46 bits per heavy atom. The average Bonchev–Trinajstić information content (AvgIpc) is 2.03. The van der Waals surface area contributed by atoms with Gasteiger partial charge in [0, 0.05) is 13.3 Å². The molecule has 0 radical (unpaired) electrons. The van der Waals surface area contributed by atoms with Gasteiger partial charge in [-0.2, -0.15) is 5.10 Å². The monoisotopic (exact) mass is 183 g/mol. The lowest BCUT2D eigenvalue weighted by atomic mass is 10.1. The minimum atomic E-state index is 0.472. The Labute approximate surface area is 81.3 Å². The first-order chi connectivity index (χ1) is 6.07. The van der Waals surface area contributed by atoms with Crippen LogP contribution in [-0.4, -0.2) is 24.1 Å². The van der Waals surface area contributed by atoms with Gasteiger partial charge < -0.3 is 0 Å². The maximum Gasteiger partial charge on any atom is 0.113 e. The van der Waals surface area contributed by atoms with Crippen LogP contribution in [0.15, 0.2) is 5.10 Å². The van der Waals surface area contributed by atoms with Gasteiger partial charge in [0.1, 0.15) is 5.84 Å². The molecule has 3 heteroatoms. The highest BCUT2D eigenvalue weighted by atomic mass is 15.5. The Morgan fingerprint density at radius 3 is 2.46 bits per heavy atom. The van der Waals surface area contributed by atoms with E-state index < -0.39 is 0 Å². The summed E-state index contributed by atoms with van der Waals surface area (Å²) in [6, 6.07) is 0. The number of unbranched alkanes of at least 4 members (excludes halogenated alkanes) is 1. The summed E-state index contributed by atoms with van der Waals surface area (Å²) in [6.07, 6.45) is 3.55. The first-order valence-electron chi connectivity index (χ1n) is 4.87. The van der Waals surface area contributed by atoms with Crippen LogP contribution in [-0.2, 0) is 0 Å². The van der Waals surface area contributed by atoms with Crippen molar-refractivity contribution in [3.8, 4) is 0 Å². The van der Waals surface area contributed by atoms with E-state index in [1.165, 1.54) is 12.8 Å². The number of nitrogens with one attached hydrogen (secondary N) is 1. The van der Waals surface area contributed by atoms with Gasteiger partial charge in [-0.05, 0) is 19.3 Å². The highest BCUT2D eigenvalue weighted by Gasteiger charge is 2.01. The van der Waals surface area contributed by atoms with Crippen molar-refractivity contribution < 1.29 is 0 Å². The van der Waals surface area contributed by atoms with E-state index in [1.807, 2.05) is 0 Å². The van der Waals surface area contributed by atoms with Gasteiger partial charge in [0.15, 0.2) is 0 Å². The molecule has 0 aromatic carbocycles. The van der Waals surface area contributed by atoms with Crippen molar-refractivity contribution in [2.45, 2.75) is 40.0 Å². The Morgan fingerprint density at radius 2 is 2.08 bits per heavy atom. The molecule has 3 nitrogen and oxygen atoms in total. The second kappa shape index (κ2) is 6.63. The van der Waals surface area contributed by atoms with E-state index in [0.29, 0.717) is 5.84 Å². The van der Waals surface area contributed by atoms with Crippen molar-refractivity contribution in [1.82, 2.24) is 5.01 Å². The van der Waals surface area contributed by atoms with Crippen molar-refractivity contribution in [2.75, 3.05) is 6.54 Å². The Bertz CT molecular complexity index is 164. The van der Waals surface area contributed by atoms with Crippen LogP contribution in [0.3, 0.4) is 0 Å². The molecule has 76 valence electrons. The standard InChI is InChI=1S/C10H21N3/c1-9(2)7-5-6-8-13(12-4)10(3)11/h9,11H,4-8H2,1-3H3. The minimum absolute atomic E-state index is 0.472. The van der Waals surface area contributed by atoms with Crippen LogP contribution in [0, 0.1) is 11.3 Å². The van der Waals surface area contributed by atoms with E-state index >= 15 is 0 Å². The zero-order valence-electron chi connectivity index (χ0n) is 9.01. The van der Waals surface area contributed by atoms with E-state index in [0.717, 1.165) is 18.9 Å². The fourth-order valence-electron chi connectivity index (χ4n) is 1.16. The second-order valence-electron chi connectivity index (χ2n) is 3.74. The van der Waals surface area contributed by atoms with Crippen molar-refractivity contribution >= 4 is 12.6 Å². The summed E-state index contributed by atoms with van der Waals surface area (Å²) < 4.78 is 0. The average molecular weight is 183 g/mol. The van der Waals surface area contributed by atoms with Gasteiger partial charge in [0.25, 0.3) is 0 Å². The van der Waals surface area contributed by atoms with E-state index in [-0.39, 0.29) is 0 Å². The summed E-state index contributed by atoms with van der Waals surface area (Å²) in [6.45, 7) is 10.4. The molecule has 0 aromatic rings. The van der Waals surface area contributed by atoms with Crippen molar-refractivity contribution in [3.05, 3.63) is 0 Å². The van der Waals surface area contributed by atoms with Crippen LogP contribution in [0.4, 0.5) is 0 Å². The molecule has 0 fully saturated rings. The summed E-state index contributed by atoms with van der Waals surface area (Å²) in [5.74, 6) is 1.24. The number of hydrazone groups is 1. The number of hydrogen-bond acceptors (Lipinski definition) is 2. The molecule has 0 rings (SSSR count). The Kier molecular flexibility index (Phi) is 6.20. The fourth-order valence-corrected chi connectivity index (χ4v) is 1.16. The van der Waals surface area contributed by atoms with E-state index in [4.69, 9.17) is 5.41 Å². The minimum Gasteiger partial charge on any atom is -0.287 e. The summed E-state index contributed by atoms with van der Waals surface area (Å²) in [7, 11) is 0. The van der Waals surface area contributed by atoms with Gasteiger partial charge in [-0.1, -0.05) is 26.7 Å². The quantitative estimate of drug-likeness (QED) is 0.292. The molecule has 0 saturated carbocycles. The summed E-state index contributed by atoms with van der Waals surface area (Å²) in [4.78, 5) is 0. The summed E-state index contributed by atoms with van der Waals surface area (Å²) in [5.41, 5.74) is 0. The normalized spacial score (nSPS) is 10.2. The molecule has 0 spiro atoms. The second-order valence-corrected chi connectivity index (χ2v) is 3.74. The predicted molar refractivity (Wildman–Crippen MR) is 58.3 cm³/mol. The van der Waals surface area contributed by atoms with Crippen molar-refractivity contribution in [2.24, 2.45) is 11.0 Å². The molecule has 0 bridgehead atoms. The van der Waals surface area contributed by atoms with Crippen LogP contribution >= 0.6 is 0 Å². The lowest BCUT2D eigenvalue weighted by Crippen LogP contribution is -2.23. The Balaban J connectivity index is 3.50. The van der Waals surface area contributed by atoms with Crippen molar-refractivity contribution in [1.29, 1.82) is 5.41 Å². The van der Waals surface area contributed by atoms with Gasteiger partial charge in [-0.3, -0.25) is 10.4 Å². The van der Waals surface area contributed by atoms with Crippen molar-refractivity contribution in [3.63, 3.8) is 0 Å². The van der Waals surface area contributed by atoms with E-state index in [2.05, 4.69) is 25.7 Å². The molecular formula is C10H21N3. The maximum atomic E-state index is 7.36. The lowest BCUT2D eigenvalue weighted by molar-refractivity contribution is 0.410. The smallest absolute Gasteiger partial charge is 0.113 e. The third kappa shape index (κ3) is 6.31. The molecule has 0 aliphatic carbocycles. The van der Waals surface area contributed by atoms with Crippen LogP contribution in [0.5, 0.6) is 0 Å². The highest BCUT2D eigenvalue weighted by molar-refractivity contribution is 5.76. The summed E-state index contributed by atoms with van der Waals surface area (Å²) >= 11 is 0. The van der Waals surface area contributed by atoms with Gasteiger partial charge in [0.2, 0.25) is 0 Å². The lowest BCUT2D eigenvalue weighted by Gasteiger charge is -2.16. The van der Waals surface area contributed by atoms with Gasteiger partial charge >= 0.3 is 0 Å². The first kappa shape index (κ1) is 12.1. The number of amidine groups is 1. The molecule has 0 heterocycles. The molecule has 0 amide bonds. The van der Waals surface area contributed by atoms with E-state index in [9.17, 15) is 0 Å². The largest absolute Gasteiger partial charge is 0.287 e. The molecule has 0 unspecified atom stereocenters. The molecule has 0 aromatic heterocycles. The van der Waals surface area contributed by atoms with Crippen LogP contribution in [0.1, 0.15) is 40.0 Å². The van der Waals surface area contributed by atoms with Gasteiger partial charge in [0.05, 0.1) is 0 Å². The SMILES string of the molecule is C=NN(CCCCC(C)C)C(C)=N. The molecular weight excluding hydrogens is 162 g/mol. The maximum absolute atomic E-state index is 7.36. The van der Waals surface area contributed by atoms with Gasteiger partial charge in [-0.25, -0.2) is 0 Å². The zero-order valence-corrected chi connectivity index (χ0v) is 9.01. The third-order valence-corrected chi connectivity index (χ3v) is 1.96. The third-order valence-electron chi connectivity index (χ3n) is 1.96. The molecule has 0 aliphatic rings. The number of nitrogens with zero attached hydrogens (tertiary/aromatic N) is 2. The van der Waals surface area contributed by atoms with Crippen LogP contribution in [0.2, 0.25) is 0 Å². The number of hydrogen-bond donors (Lipinski definition) is 1. The van der Waals surface area contributed by atoms with Crippen LogP contribution in [0.25, 0.3) is 0 Å². The molecule has 13 heavy (non-hydrogen) atoms. The summed E-state index contributed by atoms with van der Waals surface area (Å²) in [5, 5.41) is 12.8. The topological polar surface area (TPSA) is 39.5 Å². The number of rotatable bonds is 6. The molecule has 0 aliphatic heterocycles. The highest BCUT2D eigenvalue weighted by Crippen LogP contribution is 2.07. The van der Waals surface area contributed by atoms with Crippen LogP contribution < -0.4 is 0 Å². The van der Waals surface area contributed by atoms with Gasteiger partial charge in [-0.15, -0.1) is 0 Å². The molecule has 0 saturated heterocycles. The van der Waals surface area contributed by atoms with E-state index in [1.54, 1.807) is 11.9 Å². The fraction of sp³-hybridized carbons (Fsp3) is 0.800.